The molecule has 1 heterocycles. The molecule has 0 radical (unpaired) electrons. The largest absolute Gasteiger partial charge is 0.496 e. The molecule has 0 saturated carbocycles. The minimum atomic E-state index is -0.269. The molecular formula is C24H21N3O5. The Labute approximate surface area is 184 Å². The van der Waals surface area contributed by atoms with Crippen molar-refractivity contribution >= 4 is 11.6 Å². The first-order chi connectivity index (χ1) is 15.6. The van der Waals surface area contributed by atoms with Crippen LogP contribution in [0.15, 0.2) is 71.3 Å². The fraction of sp³-hybridized carbons (Fsp3) is 0.125. The zero-order valence-corrected chi connectivity index (χ0v) is 17.8. The molecule has 0 aliphatic carbocycles. The predicted molar refractivity (Wildman–Crippen MR) is 119 cm³/mol. The average molecular weight is 431 g/mol. The SMILES string of the molecule is COc1ccc(C(=O)Nc2ccc(-c3nc(-c4ccccc4OC)no3)cc2)cc1OC. The van der Waals surface area contributed by atoms with E-state index >= 15 is 0 Å². The van der Waals surface area contributed by atoms with Crippen molar-refractivity contribution in [2.24, 2.45) is 0 Å². The molecule has 8 heteroatoms. The number of amides is 1. The van der Waals surface area contributed by atoms with Crippen LogP contribution in [0.3, 0.4) is 0 Å². The summed E-state index contributed by atoms with van der Waals surface area (Å²) in [5, 5.41) is 6.91. The van der Waals surface area contributed by atoms with Crippen LogP contribution in [-0.2, 0) is 0 Å². The van der Waals surface area contributed by atoms with Crippen molar-refractivity contribution in [2.45, 2.75) is 0 Å². The number of para-hydroxylation sites is 1. The molecule has 0 spiro atoms. The maximum atomic E-state index is 12.6. The lowest BCUT2D eigenvalue weighted by molar-refractivity contribution is 0.102. The molecule has 4 aromatic rings. The minimum Gasteiger partial charge on any atom is -0.496 e. The van der Waals surface area contributed by atoms with Crippen molar-refractivity contribution in [3.05, 3.63) is 72.3 Å². The van der Waals surface area contributed by atoms with Crippen LogP contribution in [0, 0.1) is 0 Å². The molecule has 1 amide bonds. The number of nitrogens with one attached hydrogen (secondary N) is 1. The van der Waals surface area contributed by atoms with E-state index in [1.54, 1.807) is 56.7 Å². The van der Waals surface area contributed by atoms with Crippen molar-refractivity contribution in [1.82, 2.24) is 10.1 Å². The topological polar surface area (TPSA) is 95.7 Å². The molecule has 32 heavy (non-hydrogen) atoms. The van der Waals surface area contributed by atoms with E-state index in [1.165, 1.54) is 7.11 Å². The highest BCUT2D eigenvalue weighted by Crippen LogP contribution is 2.30. The molecule has 0 fully saturated rings. The Balaban J connectivity index is 1.49. The summed E-state index contributed by atoms with van der Waals surface area (Å²) >= 11 is 0. The molecule has 8 nitrogen and oxygen atoms in total. The Morgan fingerprint density at radius 1 is 0.844 bits per heavy atom. The van der Waals surface area contributed by atoms with Gasteiger partial charge in [-0.1, -0.05) is 17.3 Å². The number of benzene rings is 3. The Morgan fingerprint density at radius 3 is 2.28 bits per heavy atom. The standard InChI is InChI=1S/C24H21N3O5/c1-29-19-7-5-4-6-18(19)22-26-24(32-27-22)15-8-11-17(12-9-15)25-23(28)16-10-13-20(30-2)21(14-16)31-3/h4-14H,1-3H3,(H,25,28). The first-order valence-corrected chi connectivity index (χ1v) is 9.74. The fourth-order valence-electron chi connectivity index (χ4n) is 3.16. The Kier molecular flexibility index (Phi) is 6.03. The Bertz CT molecular complexity index is 1230. The van der Waals surface area contributed by atoms with Gasteiger partial charge in [-0.25, -0.2) is 0 Å². The molecule has 162 valence electrons. The quantitative estimate of drug-likeness (QED) is 0.454. The molecule has 0 unspecified atom stereocenters. The molecule has 3 aromatic carbocycles. The summed E-state index contributed by atoms with van der Waals surface area (Å²) in [6, 6.07) is 19.5. The van der Waals surface area contributed by atoms with Gasteiger partial charge >= 0.3 is 0 Å². The van der Waals surface area contributed by atoms with E-state index in [9.17, 15) is 4.79 Å². The summed E-state index contributed by atoms with van der Waals surface area (Å²) in [4.78, 5) is 17.1. The molecule has 0 aliphatic rings. The molecule has 1 N–H and O–H groups in total. The van der Waals surface area contributed by atoms with E-state index in [0.717, 1.165) is 11.1 Å². The number of methoxy groups -OCH3 is 3. The van der Waals surface area contributed by atoms with Gasteiger partial charge in [0.25, 0.3) is 11.8 Å². The number of carbonyl (C=O) groups is 1. The van der Waals surface area contributed by atoms with E-state index in [-0.39, 0.29) is 5.91 Å². The van der Waals surface area contributed by atoms with Crippen molar-refractivity contribution in [3.8, 4) is 40.1 Å². The van der Waals surface area contributed by atoms with Crippen LogP contribution < -0.4 is 19.5 Å². The number of hydrogen-bond acceptors (Lipinski definition) is 7. The number of rotatable bonds is 7. The first kappa shape index (κ1) is 20.9. The van der Waals surface area contributed by atoms with Gasteiger partial charge in [-0.3, -0.25) is 4.79 Å². The summed E-state index contributed by atoms with van der Waals surface area (Å²) in [5.74, 6) is 2.23. The monoisotopic (exact) mass is 431 g/mol. The molecule has 4 rings (SSSR count). The van der Waals surface area contributed by atoms with Crippen LogP contribution in [0.2, 0.25) is 0 Å². The van der Waals surface area contributed by atoms with Crippen molar-refractivity contribution in [1.29, 1.82) is 0 Å². The number of hydrogen-bond donors (Lipinski definition) is 1. The second-order valence-electron chi connectivity index (χ2n) is 6.72. The van der Waals surface area contributed by atoms with Crippen LogP contribution in [0.5, 0.6) is 17.2 Å². The van der Waals surface area contributed by atoms with Crippen LogP contribution in [0.4, 0.5) is 5.69 Å². The van der Waals surface area contributed by atoms with E-state index in [2.05, 4.69) is 15.5 Å². The van der Waals surface area contributed by atoms with E-state index in [4.69, 9.17) is 18.7 Å². The second kappa shape index (κ2) is 9.22. The fourth-order valence-corrected chi connectivity index (χ4v) is 3.16. The summed E-state index contributed by atoms with van der Waals surface area (Å²) in [7, 11) is 4.66. The lowest BCUT2D eigenvalue weighted by Crippen LogP contribution is -2.12. The van der Waals surface area contributed by atoms with Gasteiger partial charge in [0, 0.05) is 16.8 Å². The highest BCUT2D eigenvalue weighted by Gasteiger charge is 2.15. The predicted octanol–water partition coefficient (Wildman–Crippen LogP) is 4.68. The molecule has 0 atom stereocenters. The van der Waals surface area contributed by atoms with Crippen molar-refractivity contribution in [2.75, 3.05) is 26.6 Å². The van der Waals surface area contributed by atoms with Gasteiger partial charge in [0.2, 0.25) is 5.82 Å². The van der Waals surface area contributed by atoms with Crippen molar-refractivity contribution < 1.29 is 23.5 Å². The number of ether oxygens (including phenoxy) is 3. The zero-order valence-electron chi connectivity index (χ0n) is 17.8. The van der Waals surface area contributed by atoms with Crippen LogP contribution in [0.1, 0.15) is 10.4 Å². The van der Waals surface area contributed by atoms with Crippen LogP contribution >= 0.6 is 0 Å². The van der Waals surface area contributed by atoms with Gasteiger partial charge in [0.15, 0.2) is 11.5 Å². The molecule has 0 saturated heterocycles. The van der Waals surface area contributed by atoms with Gasteiger partial charge in [-0.15, -0.1) is 0 Å². The third-order valence-electron chi connectivity index (χ3n) is 4.81. The zero-order chi connectivity index (χ0) is 22.5. The Hall–Kier alpha value is -4.33. The average Bonchev–Trinajstić information content (AvgIpc) is 3.34. The molecular weight excluding hydrogens is 410 g/mol. The lowest BCUT2D eigenvalue weighted by atomic mass is 10.1. The van der Waals surface area contributed by atoms with Gasteiger partial charge in [-0.2, -0.15) is 4.98 Å². The highest BCUT2D eigenvalue weighted by atomic mass is 16.5. The number of carbonyl (C=O) groups excluding carboxylic acids is 1. The second-order valence-corrected chi connectivity index (χ2v) is 6.72. The molecule has 0 aliphatic heterocycles. The minimum absolute atomic E-state index is 0.269. The summed E-state index contributed by atoms with van der Waals surface area (Å²) in [6.45, 7) is 0. The summed E-state index contributed by atoms with van der Waals surface area (Å²) in [6.07, 6.45) is 0. The van der Waals surface area contributed by atoms with E-state index in [1.807, 2.05) is 24.3 Å². The number of aromatic nitrogens is 2. The molecule has 0 bridgehead atoms. The van der Waals surface area contributed by atoms with Gasteiger partial charge in [0.1, 0.15) is 5.75 Å². The Morgan fingerprint density at radius 2 is 1.56 bits per heavy atom. The van der Waals surface area contributed by atoms with Gasteiger partial charge in [-0.05, 0) is 54.6 Å². The molecule has 1 aromatic heterocycles. The number of nitrogens with zero attached hydrogens (tertiary/aromatic N) is 2. The maximum Gasteiger partial charge on any atom is 0.258 e. The highest BCUT2D eigenvalue weighted by molar-refractivity contribution is 6.04. The maximum absolute atomic E-state index is 12.6. The van der Waals surface area contributed by atoms with Crippen molar-refractivity contribution in [3.63, 3.8) is 0 Å². The van der Waals surface area contributed by atoms with E-state index in [0.29, 0.717) is 40.2 Å². The third-order valence-corrected chi connectivity index (χ3v) is 4.81. The van der Waals surface area contributed by atoms with Crippen LogP contribution in [-0.4, -0.2) is 37.4 Å². The normalized spacial score (nSPS) is 10.5. The van der Waals surface area contributed by atoms with Crippen LogP contribution in [0.25, 0.3) is 22.8 Å². The van der Waals surface area contributed by atoms with Gasteiger partial charge in [0.05, 0.1) is 26.9 Å². The lowest BCUT2D eigenvalue weighted by Gasteiger charge is -2.10. The van der Waals surface area contributed by atoms with Gasteiger partial charge < -0.3 is 24.1 Å². The summed E-state index contributed by atoms with van der Waals surface area (Å²) < 4.78 is 21.2. The third kappa shape index (κ3) is 4.24. The summed E-state index contributed by atoms with van der Waals surface area (Å²) in [5.41, 5.74) is 2.54. The van der Waals surface area contributed by atoms with E-state index < -0.39 is 0 Å². The first-order valence-electron chi connectivity index (χ1n) is 9.74. The number of anilines is 1. The smallest absolute Gasteiger partial charge is 0.258 e.